The molecule has 0 aliphatic heterocycles. The monoisotopic (exact) mass is 280 g/mol. The van der Waals surface area contributed by atoms with Crippen molar-refractivity contribution < 1.29 is 9.53 Å². The van der Waals surface area contributed by atoms with Crippen molar-refractivity contribution in [3.63, 3.8) is 0 Å². The van der Waals surface area contributed by atoms with Crippen molar-refractivity contribution in [3.05, 3.63) is 65.8 Å². The number of nitrogens with zero attached hydrogens (tertiary/aromatic N) is 2. The van der Waals surface area contributed by atoms with Gasteiger partial charge in [0.25, 0.3) is 0 Å². The molecule has 0 saturated carbocycles. The second-order valence-corrected chi connectivity index (χ2v) is 4.22. The molecule has 1 heterocycles. The molecule has 0 amide bonds. The van der Waals surface area contributed by atoms with Crippen molar-refractivity contribution in [3.8, 4) is 0 Å². The average Bonchev–Trinajstić information content (AvgIpc) is 2.53. The van der Waals surface area contributed by atoms with Crippen LogP contribution in [0.5, 0.6) is 0 Å². The van der Waals surface area contributed by atoms with Gasteiger partial charge in [-0.05, 0) is 30.2 Å². The Bertz CT molecular complexity index is 632. The zero-order valence-corrected chi connectivity index (χ0v) is 11.8. The molecule has 4 heteroatoms. The SMILES string of the molecule is CCOC(=O)C=Cc1ccc(C=Cc2cnccn2)cc1. The summed E-state index contributed by atoms with van der Waals surface area (Å²) in [5.41, 5.74) is 2.80. The molecule has 0 unspecified atom stereocenters. The topological polar surface area (TPSA) is 52.1 Å². The number of benzene rings is 1. The Hall–Kier alpha value is -2.75. The van der Waals surface area contributed by atoms with Crippen molar-refractivity contribution in [1.29, 1.82) is 0 Å². The van der Waals surface area contributed by atoms with Crippen LogP contribution in [0.4, 0.5) is 0 Å². The molecule has 2 rings (SSSR count). The van der Waals surface area contributed by atoms with Gasteiger partial charge in [-0.25, -0.2) is 4.79 Å². The summed E-state index contributed by atoms with van der Waals surface area (Å²) < 4.78 is 4.83. The van der Waals surface area contributed by atoms with E-state index in [2.05, 4.69) is 9.97 Å². The van der Waals surface area contributed by atoms with Gasteiger partial charge in [0.05, 0.1) is 18.5 Å². The predicted octanol–water partition coefficient (Wildman–Crippen LogP) is 3.22. The summed E-state index contributed by atoms with van der Waals surface area (Å²) in [7, 11) is 0. The number of hydrogen-bond donors (Lipinski definition) is 0. The summed E-state index contributed by atoms with van der Waals surface area (Å²) >= 11 is 0. The number of ether oxygens (including phenoxy) is 1. The van der Waals surface area contributed by atoms with E-state index in [1.165, 1.54) is 6.08 Å². The number of rotatable bonds is 5. The molecule has 0 aliphatic rings. The Labute approximate surface area is 123 Å². The van der Waals surface area contributed by atoms with Crippen LogP contribution >= 0.6 is 0 Å². The molecule has 1 aromatic carbocycles. The molecule has 0 radical (unpaired) electrons. The van der Waals surface area contributed by atoms with Crippen LogP contribution in [0.25, 0.3) is 18.2 Å². The second kappa shape index (κ2) is 7.75. The first-order valence-electron chi connectivity index (χ1n) is 6.67. The van der Waals surface area contributed by atoms with Crippen molar-refractivity contribution in [2.24, 2.45) is 0 Å². The van der Waals surface area contributed by atoms with Gasteiger partial charge < -0.3 is 4.74 Å². The van der Waals surface area contributed by atoms with Crippen LogP contribution in [0.3, 0.4) is 0 Å². The smallest absolute Gasteiger partial charge is 0.330 e. The zero-order chi connectivity index (χ0) is 14.9. The largest absolute Gasteiger partial charge is 0.463 e. The lowest BCUT2D eigenvalue weighted by molar-refractivity contribution is -0.137. The Morgan fingerprint density at radius 1 is 1.10 bits per heavy atom. The van der Waals surface area contributed by atoms with Gasteiger partial charge in [0.15, 0.2) is 0 Å². The van der Waals surface area contributed by atoms with E-state index in [-0.39, 0.29) is 5.97 Å². The average molecular weight is 280 g/mol. The third kappa shape index (κ3) is 5.03. The summed E-state index contributed by atoms with van der Waals surface area (Å²) in [6, 6.07) is 7.81. The minimum atomic E-state index is -0.330. The van der Waals surface area contributed by atoms with Crippen molar-refractivity contribution in [1.82, 2.24) is 9.97 Å². The minimum absolute atomic E-state index is 0.330. The molecule has 0 spiro atoms. The molecular weight excluding hydrogens is 264 g/mol. The van der Waals surface area contributed by atoms with Gasteiger partial charge in [0, 0.05) is 18.5 Å². The summed E-state index contributed by atoms with van der Waals surface area (Å²) in [5.74, 6) is -0.330. The summed E-state index contributed by atoms with van der Waals surface area (Å²) in [6.45, 7) is 2.17. The molecule has 0 fully saturated rings. The lowest BCUT2D eigenvalue weighted by Crippen LogP contribution is -1.98. The number of aromatic nitrogens is 2. The first-order chi connectivity index (χ1) is 10.3. The third-order valence-corrected chi connectivity index (χ3v) is 2.66. The van der Waals surface area contributed by atoms with Gasteiger partial charge >= 0.3 is 5.97 Å². The van der Waals surface area contributed by atoms with E-state index in [0.29, 0.717) is 6.61 Å². The number of carbonyl (C=O) groups is 1. The van der Waals surface area contributed by atoms with E-state index in [1.807, 2.05) is 36.4 Å². The fourth-order valence-electron chi connectivity index (χ4n) is 1.65. The fourth-order valence-corrected chi connectivity index (χ4v) is 1.65. The normalized spacial score (nSPS) is 11.1. The van der Waals surface area contributed by atoms with Gasteiger partial charge in [-0.2, -0.15) is 0 Å². The molecule has 0 atom stereocenters. The minimum Gasteiger partial charge on any atom is -0.463 e. The second-order valence-electron chi connectivity index (χ2n) is 4.22. The Morgan fingerprint density at radius 3 is 2.43 bits per heavy atom. The number of hydrogen-bond acceptors (Lipinski definition) is 4. The quantitative estimate of drug-likeness (QED) is 0.623. The van der Waals surface area contributed by atoms with Crippen molar-refractivity contribution in [2.75, 3.05) is 6.61 Å². The maximum absolute atomic E-state index is 11.2. The van der Waals surface area contributed by atoms with Crippen LogP contribution in [0.1, 0.15) is 23.7 Å². The van der Waals surface area contributed by atoms with Crippen LogP contribution in [0.15, 0.2) is 48.9 Å². The highest BCUT2D eigenvalue weighted by Gasteiger charge is 1.94. The Balaban J connectivity index is 1.99. The molecule has 4 nitrogen and oxygen atoms in total. The molecular formula is C17H16N2O2. The van der Waals surface area contributed by atoms with E-state index >= 15 is 0 Å². The first-order valence-corrected chi connectivity index (χ1v) is 6.67. The predicted molar refractivity (Wildman–Crippen MR) is 83.1 cm³/mol. The molecule has 0 bridgehead atoms. The number of carbonyl (C=O) groups excluding carboxylic acids is 1. The fraction of sp³-hybridized carbons (Fsp3) is 0.118. The summed E-state index contributed by atoms with van der Waals surface area (Å²) in [5, 5.41) is 0. The van der Waals surface area contributed by atoms with Gasteiger partial charge in [0.1, 0.15) is 0 Å². The maximum atomic E-state index is 11.2. The molecule has 0 N–H and O–H groups in total. The van der Waals surface area contributed by atoms with Crippen LogP contribution < -0.4 is 0 Å². The summed E-state index contributed by atoms with van der Waals surface area (Å²) in [6.07, 6.45) is 12.0. The Kier molecular flexibility index (Phi) is 5.41. The molecule has 106 valence electrons. The van der Waals surface area contributed by atoms with Crippen LogP contribution in [0.2, 0.25) is 0 Å². The van der Waals surface area contributed by atoms with E-state index in [9.17, 15) is 4.79 Å². The van der Waals surface area contributed by atoms with Crippen molar-refractivity contribution in [2.45, 2.75) is 6.92 Å². The highest BCUT2D eigenvalue weighted by Crippen LogP contribution is 2.09. The third-order valence-electron chi connectivity index (χ3n) is 2.66. The zero-order valence-electron chi connectivity index (χ0n) is 11.8. The van der Waals surface area contributed by atoms with Crippen LogP contribution in [-0.4, -0.2) is 22.5 Å². The molecule has 2 aromatic rings. The molecule has 0 aliphatic carbocycles. The van der Waals surface area contributed by atoms with E-state index < -0.39 is 0 Å². The van der Waals surface area contributed by atoms with Crippen LogP contribution in [0, 0.1) is 0 Å². The molecule has 1 aromatic heterocycles. The van der Waals surface area contributed by atoms with Crippen molar-refractivity contribution >= 4 is 24.2 Å². The van der Waals surface area contributed by atoms with Gasteiger partial charge in [-0.1, -0.05) is 30.3 Å². The van der Waals surface area contributed by atoms with Gasteiger partial charge in [-0.15, -0.1) is 0 Å². The maximum Gasteiger partial charge on any atom is 0.330 e. The molecule has 21 heavy (non-hydrogen) atoms. The lowest BCUT2D eigenvalue weighted by Gasteiger charge is -1.97. The van der Waals surface area contributed by atoms with E-state index in [1.54, 1.807) is 31.6 Å². The van der Waals surface area contributed by atoms with Crippen LogP contribution in [-0.2, 0) is 9.53 Å². The van der Waals surface area contributed by atoms with Gasteiger partial charge in [-0.3, -0.25) is 9.97 Å². The highest BCUT2D eigenvalue weighted by molar-refractivity contribution is 5.87. The first kappa shape index (κ1) is 14.7. The number of esters is 1. The van der Waals surface area contributed by atoms with E-state index in [4.69, 9.17) is 4.74 Å². The Morgan fingerprint density at radius 2 is 1.81 bits per heavy atom. The summed E-state index contributed by atoms with van der Waals surface area (Å²) in [4.78, 5) is 19.4. The highest BCUT2D eigenvalue weighted by atomic mass is 16.5. The standard InChI is InChI=1S/C17H16N2O2/c1-2-21-17(20)10-8-15-5-3-14(4-6-15)7-9-16-13-18-11-12-19-16/h3-13H,2H2,1H3. The lowest BCUT2D eigenvalue weighted by atomic mass is 10.1. The molecule has 0 saturated heterocycles. The van der Waals surface area contributed by atoms with E-state index in [0.717, 1.165) is 16.8 Å². The van der Waals surface area contributed by atoms with Gasteiger partial charge in [0.2, 0.25) is 0 Å².